The molecule has 1 aromatic carbocycles. The van der Waals surface area contributed by atoms with Crippen molar-refractivity contribution < 1.29 is 9.59 Å². The van der Waals surface area contributed by atoms with Gasteiger partial charge < -0.3 is 10.6 Å². The van der Waals surface area contributed by atoms with Crippen molar-refractivity contribution in [3.8, 4) is 10.6 Å². The zero-order valence-corrected chi connectivity index (χ0v) is 16.0. The predicted molar refractivity (Wildman–Crippen MR) is 105 cm³/mol. The minimum atomic E-state index is -0.203. The van der Waals surface area contributed by atoms with Gasteiger partial charge >= 0.3 is 0 Å². The van der Waals surface area contributed by atoms with Gasteiger partial charge in [-0.15, -0.1) is 22.7 Å². The van der Waals surface area contributed by atoms with Crippen molar-refractivity contribution in [3.63, 3.8) is 0 Å². The van der Waals surface area contributed by atoms with Gasteiger partial charge in [0.05, 0.1) is 35.1 Å². The van der Waals surface area contributed by atoms with Gasteiger partial charge in [-0.1, -0.05) is 30.3 Å². The number of thiazole rings is 1. The van der Waals surface area contributed by atoms with Gasteiger partial charge in [0.2, 0.25) is 11.8 Å². The number of carbonyl (C=O) groups excluding carboxylic acids is 2. The van der Waals surface area contributed by atoms with Gasteiger partial charge in [0.15, 0.2) is 0 Å². The summed E-state index contributed by atoms with van der Waals surface area (Å²) in [6, 6.07) is 13.5. The van der Waals surface area contributed by atoms with Crippen LogP contribution in [-0.2, 0) is 22.6 Å². The Morgan fingerprint density at radius 3 is 2.58 bits per heavy atom. The number of aromatic nitrogens is 1. The van der Waals surface area contributed by atoms with E-state index < -0.39 is 0 Å². The fourth-order valence-corrected chi connectivity index (χ4v) is 3.95. The summed E-state index contributed by atoms with van der Waals surface area (Å²) in [5.74, 6) is -0.366. The molecule has 0 aliphatic rings. The summed E-state index contributed by atoms with van der Waals surface area (Å²) in [4.78, 5) is 30.4. The molecule has 0 spiro atoms. The first kappa shape index (κ1) is 18.3. The van der Waals surface area contributed by atoms with E-state index in [4.69, 9.17) is 0 Å². The molecular formula is C19H19N3O2S2. The highest BCUT2D eigenvalue weighted by molar-refractivity contribution is 7.16. The first-order valence-electron chi connectivity index (χ1n) is 8.18. The molecule has 2 heterocycles. The zero-order chi connectivity index (χ0) is 18.4. The maximum Gasteiger partial charge on any atom is 0.239 e. The van der Waals surface area contributed by atoms with E-state index in [1.807, 2.05) is 54.8 Å². The highest BCUT2D eigenvalue weighted by atomic mass is 32.1. The normalized spacial score (nSPS) is 10.5. The molecule has 26 heavy (non-hydrogen) atoms. The second-order valence-electron chi connectivity index (χ2n) is 5.73. The van der Waals surface area contributed by atoms with Crippen molar-refractivity contribution in [1.29, 1.82) is 0 Å². The van der Waals surface area contributed by atoms with E-state index in [-0.39, 0.29) is 24.8 Å². The van der Waals surface area contributed by atoms with Crippen LogP contribution in [0, 0.1) is 6.92 Å². The van der Waals surface area contributed by atoms with Gasteiger partial charge in [0, 0.05) is 10.3 Å². The number of benzene rings is 1. The largest absolute Gasteiger partial charge is 0.350 e. The van der Waals surface area contributed by atoms with Gasteiger partial charge in [0.1, 0.15) is 0 Å². The Bertz CT molecular complexity index is 887. The topological polar surface area (TPSA) is 71.1 Å². The lowest BCUT2D eigenvalue weighted by Gasteiger charge is -2.06. The molecule has 5 nitrogen and oxygen atoms in total. The molecule has 0 atom stereocenters. The Hall–Kier alpha value is -2.51. The molecule has 2 amide bonds. The van der Waals surface area contributed by atoms with Crippen LogP contribution in [0.4, 0.5) is 0 Å². The number of aryl methyl sites for hydroxylation is 1. The van der Waals surface area contributed by atoms with Crippen LogP contribution in [0.1, 0.15) is 15.4 Å². The molecule has 2 N–H and O–H groups in total. The van der Waals surface area contributed by atoms with E-state index in [1.165, 1.54) is 0 Å². The van der Waals surface area contributed by atoms with Crippen LogP contribution in [0.15, 0.2) is 47.8 Å². The van der Waals surface area contributed by atoms with Crippen molar-refractivity contribution in [2.45, 2.75) is 19.9 Å². The molecule has 0 aliphatic carbocycles. The first-order chi connectivity index (χ1) is 12.6. The maximum absolute atomic E-state index is 11.9. The lowest BCUT2D eigenvalue weighted by Crippen LogP contribution is -2.37. The lowest BCUT2D eigenvalue weighted by molar-refractivity contribution is -0.125. The molecule has 3 rings (SSSR count). The van der Waals surface area contributed by atoms with Crippen molar-refractivity contribution in [3.05, 3.63) is 63.3 Å². The minimum absolute atomic E-state index is 0.0187. The number of hydrogen-bond acceptors (Lipinski definition) is 5. The molecule has 134 valence electrons. The number of amides is 2. The molecule has 0 saturated carbocycles. The molecule has 7 heteroatoms. The number of nitrogens with zero attached hydrogens (tertiary/aromatic N) is 1. The summed E-state index contributed by atoms with van der Waals surface area (Å²) < 4.78 is 0. The summed E-state index contributed by atoms with van der Waals surface area (Å²) >= 11 is 3.23. The molecule has 0 fully saturated rings. The Balaban J connectivity index is 1.41. The maximum atomic E-state index is 11.9. The van der Waals surface area contributed by atoms with Gasteiger partial charge in [0.25, 0.3) is 0 Å². The fourth-order valence-electron chi connectivity index (χ4n) is 2.36. The van der Waals surface area contributed by atoms with E-state index in [0.29, 0.717) is 6.54 Å². The number of rotatable bonds is 7. The average molecular weight is 386 g/mol. The van der Waals surface area contributed by atoms with Crippen LogP contribution in [-0.4, -0.2) is 23.3 Å². The third kappa shape index (κ3) is 5.24. The van der Waals surface area contributed by atoms with Crippen LogP contribution < -0.4 is 10.6 Å². The standard InChI is InChI=1S/C19H19N3O2S2/c1-13-22-16(12-25-13)17-8-7-15(26-17)10-20-19(24)11-21-18(23)9-14-5-3-2-4-6-14/h2-8,12H,9-11H2,1H3,(H,20,24)(H,21,23). The van der Waals surface area contributed by atoms with Crippen molar-refractivity contribution in [2.75, 3.05) is 6.54 Å². The molecule has 0 bridgehead atoms. The van der Waals surface area contributed by atoms with E-state index in [0.717, 1.165) is 26.0 Å². The van der Waals surface area contributed by atoms with Crippen LogP contribution >= 0.6 is 22.7 Å². The summed E-state index contributed by atoms with van der Waals surface area (Å²) in [5, 5.41) is 8.54. The van der Waals surface area contributed by atoms with E-state index in [9.17, 15) is 9.59 Å². The number of nitrogens with one attached hydrogen (secondary N) is 2. The van der Waals surface area contributed by atoms with Crippen molar-refractivity contribution in [2.24, 2.45) is 0 Å². The van der Waals surface area contributed by atoms with E-state index in [1.54, 1.807) is 22.7 Å². The summed E-state index contributed by atoms with van der Waals surface area (Å²) in [6.07, 6.45) is 0.273. The molecular weight excluding hydrogens is 366 g/mol. The van der Waals surface area contributed by atoms with E-state index in [2.05, 4.69) is 15.6 Å². The number of thiophene rings is 1. The van der Waals surface area contributed by atoms with E-state index >= 15 is 0 Å². The van der Waals surface area contributed by atoms with Gasteiger partial charge in [-0.2, -0.15) is 0 Å². The lowest BCUT2D eigenvalue weighted by atomic mass is 10.1. The molecule has 0 radical (unpaired) electrons. The van der Waals surface area contributed by atoms with Crippen LogP contribution in [0.3, 0.4) is 0 Å². The first-order valence-corrected chi connectivity index (χ1v) is 9.88. The Kier molecular flexibility index (Phi) is 6.14. The predicted octanol–water partition coefficient (Wildman–Crippen LogP) is 3.16. The highest BCUT2D eigenvalue weighted by Gasteiger charge is 2.09. The second kappa shape index (κ2) is 8.73. The minimum Gasteiger partial charge on any atom is -0.350 e. The number of hydrogen-bond donors (Lipinski definition) is 2. The second-order valence-corrected chi connectivity index (χ2v) is 7.96. The summed E-state index contributed by atoms with van der Waals surface area (Å²) in [5.41, 5.74) is 1.90. The Labute approximate surface area is 160 Å². The SMILES string of the molecule is Cc1nc(-c2ccc(CNC(=O)CNC(=O)Cc3ccccc3)s2)cs1. The summed E-state index contributed by atoms with van der Waals surface area (Å²) in [6.45, 7) is 2.41. The van der Waals surface area contributed by atoms with Crippen LogP contribution in [0.2, 0.25) is 0 Å². The van der Waals surface area contributed by atoms with Gasteiger partial charge in [-0.3, -0.25) is 9.59 Å². The molecule has 0 aliphatic heterocycles. The molecule has 0 saturated heterocycles. The monoisotopic (exact) mass is 385 g/mol. The van der Waals surface area contributed by atoms with Gasteiger partial charge in [-0.25, -0.2) is 4.98 Å². The van der Waals surface area contributed by atoms with Gasteiger partial charge in [-0.05, 0) is 24.6 Å². The Morgan fingerprint density at radius 1 is 1.04 bits per heavy atom. The smallest absolute Gasteiger partial charge is 0.239 e. The number of carbonyl (C=O) groups is 2. The third-order valence-corrected chi connectivity index (χ3v) is 5.53. The highest BCUT2D eigenvalue weighted by Crippen LogP contribution is 2.28. The van der Waals surface area contributed by atoms with Crippen LogP contribution in [0.25, 0.3) is 10.6 Å². The quantitative estimate of drug-likeness (QED) is 0.656. The van der Waals surface area contributed by atoms with Crippen LogP contribution in [0.5, 0.6) is 0 Å². The molecule has 3 aromatic rings. The average Bonchev–Trinajstić information content (AvgIpc) is 3.28. The molecule has 0 unspecified atom stereocenters. The summed E-state index contributed by atoms with van der Waals surface area (Å²) in [7, 11) is 0. The Morgan fingerprint density at radius 2 is 1.85 bits per heavy atom. The van der Waals surface area contributed by atoms with Crippen molar-refractivity contribution in [1.82, 2.24) is 15.6 Å². The third-order valence-electron chi connectivity index (χ3n) is 3.65. The zero-order valence-electron chi connectivity index (χ0n) is 14.3. The molecule has 2 aromatic heterocycles. The fraction of sp³-hybridized carbons (Fsp3) is 0.211. The van der Waals surface area contributed by atoms with Crippen molar-refractivity contribution >= 4 is 34.5 Å².